The molecule has 0 unspecified atom stereocenters. The molecule has 0 heterocycles. The lowest BCUT2D eigenvalue weighted by molar-refractivity contribution is 0.112. The minimum Gasteiger partial charge on any atom is -0.298 e. The maximum Gasteiger partial charge on any atom is 0.150 e. The molecule has 1 aromatic rings. The summed E-state index contributed by atoms with van der Waals surface area (Å²) in [7, 11) is 0. The second-order valence-corrected chi connectivity index (χ2v) is 2.54. The van der Waals surface area contributed by atoms with Gasteiger partial charge in [-0.3, -0.25) is 4.79 Å². The molecule has 0 spiro atoms. The number of hydrogen-bond donors (Lipinski definition) is 0. The fraction of sp³-hybridized carbons (Fsp3) is 0.364. The Balaban J connectivity index is 0.000000561. The van der Waals surface area contributed by atoms with E-state index < -0.39 is 0 Å². The van der Waals surface area contributed by atoms with Crippen molar-refractivity contribution in [3.8, 4) is 0 Å². The van der Waals surface area contributed by atoms with Crippen LogP contribution in [0.3, 0.4) is 0 Å². The molecule has 0 aliphatic heterocycles. The molecule has 0 bridgehead atoms. The van der Waals surface area contributed by atoms with E-state index >= 15 is 0 Å². The molecule has 0 fully saturated rings. The van der Waals surface area contributed by atoms with Crippen LogP contribution in [0.15, 0.2) is 18.2 Å². The van der Waals surface area contributed by atoms with E-state index in [1.54, 1.807) is 0 Å². The fourth-order valence-corrected chi connectivity index (χ4v) is 1.08. The first-order valence-corrected chi connectivity index (χ1v) is 4.26. The molecular weight excluding hydrogens is 148 g/mol. The van der Waals surface area contributed by atoms with Crippen molar-refractivity contribution in [3.05, 3.63) is 34.9 Å². The largest absolute Gasteiger partial charge is 0.298 e. The molecule has 0 amide bonds. The van der Waals surface area contributed by atoms with E-state index in [2.05, 4.69) is 0 Å². The third-order valence-electron chi connectivity index (χ3n) is 1.38. The first-order chi connectivity index (χ1) is 5.72. The average molecular weight is 164 g/mol. The minimum absolute atomic E-state index is 0.762. The number of benzene rings is 1. The van der Waals surface area contributed by atoms with Crippen molar-refractivity contribution >= 4 is 6.29 Å². The molecule has 1 heteroatoms. The van der Waals surface area contributed by atoms with E-state index in [-0.39, 0.29) is 0 Å². The molecule has 0 radical (unpaired) electrons. The van der Waals surface area contributed by atoms with Gasteiger partial charge < -0.3 is 0 Å². The van der Waals surface area contributed by atoms with Gasteiger partial charge in [0.25, 0.3) is 0 Å². The van der Waals surface area contributed by atoms with Crippen LogP contribution in [0.25, 0.3) is 0 Å². The van der Waals surface area contributed by atoms with Gasteiger partial charge in [0.1, 0.15) is 6.29 Å². The molecule has 66 valence electrons. The third kappa shape index (κ3) is 3.33. The van der Waals surface area contributed by atoms with Crippen LogP contribution in [0.2, 0.25) is 0 Å². The predicted octanol–water partition coefficient (Wildman–Crippen LogP) is 3.14. The van der Waals surface area contributed by atoms with E-state index in [4.69, 9.17) is 0 Å². The van der Waals surface area contributed by atoms with Gasteiger partial charge in [-0.15, -0.1) is 0 Å². The van der Waals surface area contributed by atoms with Gasteiger partial charge in [-0.05, 0) is 26.0 Å². The van der Waals surface area contributed by atoms with Gasteiger partial charge in [0.2, 0.25) is 0 Å². The highest BCUT2D eigenvalue weighted by Crippen LogP contribution is 2.05. The highest BCUT2D eigenvalue weighted by atomic mass is 16.1. The average Bonchev–Trinajstić information content (AvgIpc) is 2.06. The summed E-state index contributed by atoms with van der Waals surface area (Å²) in [6, 6.07) is 5.80. The predicted molar refractivity (Wildman–Crippen MR) is 52.7 cm³/mol. The van der Waals surface area contributed by atoms with Crippen LogP contribution in [-0.2, 0) is 0 Å². The molecule has 0 aromatic heterocycles. The summed E-state index contributed by atoms with van der Waals surface area (Å²) in [6.45, 7) is 7.97. The van der Waals surface area contributed by atoms with Crippen LogP contribution in [0.5, 0.6) is 0 Å². The summed E-state index contributed by atoms with van der Waals surface area (Å²) in [5, 5.41) is 0. The molecule has 12 heavy (non-hydrogen) atoms. The number of carbonyl (C=O) groups excluding carboxylic acids is 1. The zero-order valence-corrected chi connectivity index (χ0v) is 8.22. The highest BCUT2D eigenvalue weighted by Gasteiger charge is 1.91. The van der Waals surface area contributed by atoms with Crippen molar-refractivity contribution < 1.29 is 4.79 Å². The van der Waals surface area contributed by atoms with Crippen LogP contribution in [0.1, 0.15) is 35.3 Å². The van der Waals surface area contributed by atoms with Crippen LogP contribution in [0.4, 0.5) is 0 Å². The molecule has 1 aromatic carbocycles. The Bertz CT molecular complexity index is 231. The number of rotatable bonds is 1. The van der Waals surface area contributed by atoms with Gasteiger partial charge in [-0.25, -0.2) is 0 Å². The highest BCUT2D eigenvalue weighted by molar-refractivity contribution is 5.75. The van der Waals surface area contributed by atoms with E-state index in [1.165, 1.54) is 0 Å². The summed E-state index contributed by atoms with van der Waals surface area (Å²) >= 11 is 0. The number of hydrogen-bond acceptors (Lipinski definition) is 1. The molecule has 0 aliphatic rings. The Labute approximate surface area is 74.4 Å². The first kappa shape index (κ1) is 10.9. The summed E-state index contributed by atoms with van der Waals surface area (Å²) in [6.07, 6.45) is 0.875. The topological polar surface area (TPSA) is 17.1 Å². The van der Waals surface area contributed by atoms with Crippen molar-refractivity contribution in [2.24, 2.45) is 0 Å². The number of aryl methyl sites for hydroxylation is 2. The standard InChI is InChI=1S/C9H10O.C2H6/c1-7-3-8(2)5-9(4-7)6-10;1-2/h3-6H,1-2H3;1-2H3. The Hall–Kier alpha value is -1.11. The van der Waals surface area contributed by atoms with Crippen LogP contribution in [0, 0.1) is 13.8 Å². The van der Waals surface area contributed by atoms with E-state index in [0.717, 1.165) is 23.0 Å². The van der Waals surface area contributed by atoms with Crippen molar-refractivity contribution in [1.29, 1.82) is 0 Å². The summed E-state index contributed by atoms with van der Waals surface area (Å²) in [4.78, 5) is 10.3. The van der Waals surface area contributed by atoms with E-state index in [1.807, 2.05) is 45.9 Å². The molecule has 0 N–H and O–H groups in total. The fourth-order valence-electron chi connectivity index (χ4n) is 1.08. The minimum atomic E-state index is 0.762. The van der Waals surface area contributed by atoms with Crippen molar-refractivity contribution in [3.63, 3.8) is 0 Å². The van der Waals surface area contributed by atoms with Gasteiger partial charge in [-0.1, -0.05) is 31.0 Å². The second-order valence-electron chi connectivity index (χ2n) is 2.54. The summed E-state index contributed by atoms with van der Waals surface area (Å²) in [5.74, 6) is 0. The van der Waals surface area contributed by atoms with Crippen molar-refractivity contribution in [2.75, 3.05) is 0 Å². The van der Waals surface area contributed by atoms with Crippen molar-refractivity contribution in [2.45, 2.75) is 27.7 Å². The lowest BCUT2D eigenvalue weighted by atomic mass is 10.1. The molecule has 0 aliphatic carbocycles. The molecular formula is C11H16O. The van der Waals surface area contributed by atoms with Crippen LogP contribution >= 0.6 is 0 Å². The maximum atomic E-state index is 10.3. The number of carbonyl (C=O) groups is 1. The smallest absolute Gasteiger partial charge is 0.150 e. The zero-order chi connectivity index (χ0) is 9.56. The van der Waals surface area contributed by atoms with Gasteiger partial charge in [0, 0.05) is 5.56 Å². The molecule has 0 atom stereocenters. The maximum absolute atomic E-state index is 10.3. The van der Waals surface area contributed by atoms with E-state index in [9.17, 15) is 4.79 Å². The van der Waals surface area contributed by atoms with Crippen molar-refractivity contribution in [1.82, 2.24) is 0 Å². The van der Waals surface area contributed by atoms with E-state index in [0.29, 0.717) is 0 Å². The van der Waals surface area contributed by atoms with Crippen LogP contribution in [-0.4, -0.2) is 6.29 Å². The quantitative estimate of drug-likeness (QED) is 0.583. The SMILES string of the molecule is CC.Cc1cc(C)cc(C=O)c1. The van der Waals surface area contributed by atoms with Gasteiger partial charge in [0.05, 0.1) is 0 Å². The third-order valence-corrected chi connectivity index (χ3v) is 1.38. The Kier molecular flexibility index (Phi) is 5.02. The monoisotopic (exact) mass is 164 g/mol. The van der Waals surface area contributed by atoms with Crippen LogP contribution < -0.4 is 0 Å². The Morgan fingerprint density at radius 2 is 1.42 bits per heavy atom. The lowest BCUT2D eigenvalue weighted by Crippen LogP contribution is -1.83. The Morgan fingerprint density at radius 3 is 1.75 bits per heavy atom. The number of aldehydes is 1. The first-order valence-electron chi connectivity index (χ1n) is 4.26. The van der Waals surface area contributed by atoms with Gasteiger partial charge >= 0.3 is 0 Å². The van der Waals surface area contributed by atoms with Gasteiger partial charge in [-0.2, -0.15) is 0 Å². The summed E-state index contributed by atoms with van der Waals surface area (Å²) < 4.78 is 0. The Morgan fingerprint density at radius 1 is 1.00 bits per heavy atom. The molecule has 1 rings (SSSR count). The molecule has 0 saturated heterocycles. The van der Waals surface area contributed by atoms with Gasteiger partial charge in [0.15, 0.2) is 0 Å². The second kappa shape index (κ2) is 5.53. The zero-order valence-electron chi connectivity index (χ0n) is 8.22. The molecule has 1 nitrogen and oxygen atoms in total. The molecule has 0 saturated carbocycles. The lowest BCUT2D eigenvalue weighted by Gasteiger charge is -1.96. The summed E-state index contributed by atoms with van der Waals surface area (Å²) in [5.41, 5.74) is 3.04. The normalized spacial score (nSPS) is 8.33.